The predicted molar refractivity (Wildman–Crippen MR) is 81.8 cm³/mol. The maximum absolute atomic E-state index is 11.3. The van der Waals surface area contributed by atoms with Gasteiger partial charge in [0.1, 0.15) is 5.54 Å². The summed E-state index contributed by atoms with van der Waals surface area (Å²) in [6.45, 7) is 10.9. The molecule has 0 saturated carbocycles. The second-order valence-corrected chi connectivity index (χ2v) is 5.84. The van der Waals surface area contributed by atoms with Crippen LogP contribution in [0.1, 0.15) is 34.1 Å². The maximum atomic E-state index is 11.3. The van der Waals surface area contributed by atoms with Gasteiger partial charge < -0.3 is 14.8 Å². The van der Waals surface area contributed by atoms with Gasteiger partial charge in [0.2, 0.25) is 5.91 Å². The first-order valence-electron chi connectivity index (χ1n) is 7.46. The van der Waals surface area contributed by atoms with Gasteiger partial charge in [-0.3, -0.25) is 10.1 Å². The van der Waals surface area contributed by atoms with Crippen molar-refractivity contribution in [2.75, 3.05) is 39.5 Å². The summed E-state index contributed by atoms with van der Waals surface area (Å²) in [4.78, 5) is 11.3. The highest BCUT2D eigenvalue weighted by atomic mass is 16.5. The number of carbonyl (C=O) groups excluding carboxylic acids is 1. The molecule has 0 aromatic rings. The molecule has 0 spiro atoms. The number of nitrogens with one attached hydrogen (secondary N) is 2. The fraction of sp³-hybridized carbons (Fsp3) is 0.867. The van der Waals surface area contributed by atoms with Gasteiger partial charge in [0.15, 0.2) is 0 Å². The molecule has 0 aliphatic carbocycles. The fourth-order valence-corrected chi connectivity index (χ4v) is 1.50. The van der Waals surface area contributed by atoms with Crippen LogP contribution in [0.3, 0.4) is 0 Å². The smallest absolute Gasteiger partial charge is 0.220 e. The third-order valence-corrected chi connectivity index (χ3v) is 2.63. The first-order valence-corrected chi connectivity index (χ1v) is 7.46. The van der Waals surface area contributed by atoms with E-state index < -0.39 is 5.54 Å². The lowest BCUT2D eigenvalue weighted by atomic mass is 10.1. The lowest BCUT2D eigenvalue weighted by Crippen LogP contribution is -2.39. The SMILES string of the molecule is CC(C)CC(=O)NCCOCCOCCNC(C)(C)C#N. The van der Waals surface area contributed by atoms with Crippen molar-refractivity contribution < 1.29 is 14.3 Å². The van der Waals surface area contributed by atoms with Gasteiger partial charge in [0.05, 0.1) is 32.5 Å². The van der Waals surface area contributed by atoms with E-state index in [9.17, 15) is 4.79 Å². The Bertz CT molecular complexity index is 325. The van der Waals surface area contributed by atoms with Crippen LogP contribution >= 0.6 is 0 Å². The number of amides is 1. The standard InChI is InChI=1S/C15H29N3O3/c1-13(2)11-14(19)17-5-7-20-9-10-21-8-6-18-15(3,4)12-16/h13,18H,5-11H2,1-4H3,(H,17,19). The average Bonchev–Trinajstić information content (AvgIpc) is 2.40. The van der Waals surface area contributed by atoms with Crippen molar-refractivity contribution in [1.82, 2.24) is 10.6 Å². The summed E-state index contributed by atoms with van der Waals surface area (Å²) in [6, 6.07) is 2.16. The fourth-order valence-electron chi connectivity index (χ4n) is 1.50. The molecule has 0 bridgehead atoms. The topological polar surface area (TPSA) is 83.4 Å². The van der Waals surface area contributed by atoms with Crippen molar-refractivity contribution in [3.05, 3.63) is 0 Å². The molecule has 0 aliphatic rings. The highest BCUT2D eigenvalue weighted by Gasteiger charge is 2.13. The third-order valence-electron chi connectivity index (χ3n) is 2.63. The number of carbonyl (C=O) groups is 1. The first-order chi connectivity index (χ1) is 9.87. The molecule has 0 atom stereocenters. The Morgan fingerprint density at radius 3 is 2.24 bits per heavy atom. The summed E-state index contributed by atoms with van der Waals surface area (Å²) in [6.07, 6.45) is 0.551. The van der Waals surface area contributed by atoms with E-state index in [4.69, 9.17) is 14.7 Å². The molecule has 0 heterocycles. The minimum atomic E-state index is -0.520. The van der Waals surface area contributed by atoms with Crippen molar-refractivity contribution >= 4 is 5.91 Å². The number of rotatable bonds is 12. The summed E-state index contributed by atoms with van der Waals surface area (Å²) >= 11 is 0. The van der Waals surface area contributed by atoms with Gasteiger partial charge in [-0.1, -0.05) is 13.8 Å². The molecule has 0 aromatic carbocycles. The molecule has 0 saturated heterocycles. The van der Waals surface area contributed by atoms with E-state index in [1.165, 1.54) is 0 Å². The lowest BCUT2D eigenvalue weighted by Gasteiger charge is -2.17. The Kier molecular flexibility index (Phi) is 10.9. The van der Waals surface area contributed by atoms with Crippen LogP contribution in [0.15, 0.2) is 0 Å². The molecule has 0 aliphatic heterocycles. The molecule has 1 amide bonds. The molecule has 6 heteroatoms. The van der Waals surface area contributed by atoms with Gasteiger partial charge in [-0.15, -0.1) is 0 Å². The number of nitrogens with zero attached hydrogens (tertiary/aromatic N) is 1. The second-order valence-electron chi connectivity index (χ2n) is 5.84. The van der Waals surface area contributed by atoms with Gasteiger partial charge in [0, 0.05) is 19.5 Å². The molecule has 6 nitrogen and oxygen atoms in total. The summed E-state index contributed by atoms with van der Waals surface area (Å²) in [5, 5.41) is 14.7. The highest BCUT2D eigenvalue weighted by molar-refractivity contribution is 5.75. The molecule has 0 fully saturated rings. The van der Waals surface area contributed by atoms with E-state index in [0.717, 1.165) is 0 Å². The van der Waals surface area contributed by atoms with Crippen LogP contribution in [0.5, 0.6) is 0 Å². The number of ether oxygens (including phenoxy) is 2. The van der Waals surface area contributed by atoms with E-state index in [1.807, 2.05) is 27.7 Å². The summed E-state index contributed by atoms with van der Waals surface area (Å²) in [5.41, 5.74) is -0.520. The van der Waals surface area contributed by atoms with Crippen LogP contribution in [-0.4, -0.2) is 51.0 Å². The van der Waals surface area contributed by atoms with E-state index in [1.54, 1.807) is 0 Å². The van der Waals surface area contributed by atoms with Crippen molar-refractivity contribution in [3.63, 3.8) is 0 Å². The average molecular weight is 299 g/mol. The molecule has 0 radical (unpaired) electrons. The Balaban J connectivity index is 3.27. The van der Waals surface area contributed by atoms with Crippen LogP contribution in [0.2, 0.25) is 0 Å². The van der Waals surface area contributed by atoms with E-state index >= 15 is 0 Å². The van der Waals surface area contributed by atoms with Crippen LogP contribution in [0.4, 0.5) is 0 Å². The number of hydrogen-bond acceptors (Lipinski definition) is 5. The predicted octanol–water partition coefficient (Wildman–Crippen LogP) is 1.07. The van der Waals surface area contributed by atoms with Gasteiger partial charge >= 0.3 is 0 Å². The molecule has 21 heavy (non-hydrogen) atoms. The zero-order chi connectivity index (χ0) is 16.1. The summed E-state index contributed by atoms with van der Waals surface area (Å²) in [5.74, 6) is 0.440. The van der Waals surface area contributed by atoms with Crippen molar-refractivity contribution in [1.29, 1.82) is 5.26 Å². The Morgan fingerprint density at radius 1 is 1.14 bits per heavy atom. The molecule has 0 unspecified atom stereocenters. The van der Waals surface area contributed by atoms with E-state index in [-0.39, 0.29) is 5.91 Å². The van der Waals surface area contributed by atoms with Crippen molar-refractivity contribution in [2.24, 2.45) is 5.92 Å². The van der Waals surface area contributed by atoms with Crippen molar-refractivity contribution in [2.45, 2.75) is 39.7 Å². The molecular weight excluding hydrogens is 270 g/mol. The highest BCUT2D eigenvalue weighted by Crippen LogP contribution is 1.98. The van der Waals surface area contributed by atoms with Gasteiger partial charge in [-0.05, 0) is 19.8 Å². The van der Waals surface area contributed by atoms with Crippen LogP contribution in [0.25, 0.3) is 0 Å². The second kappa shape index (κ2) is 11.5. The number of nitriles is 1. The van der Waals surface area contributed by atoms with Crippen molar-refractivity contribution in [3.8, 4) is 6.07 Å². The molecule has 0 aromatic heterocycles. The first kappa shape index (κ1) is 19.8. The zero-order valence-electron chi connectivity index (χ0n) is 13.7. The minimum absolute atomic E-state index is 0.0658. The largest absolute Gasteiger partial charge is 0.378 e. The molecular formula is C15H29N3O3. The maximum Gasteiger partial charge on any atom is 0.220 e. The normalized spacial score (nSPS) is 11.4. The monoisotopic (exact) mass is 299 g/mol. The summed E-state index contributed by atoms with van der Waals surface area (Å²) < 4.78 is 10.7. The summed E-state index contributed by atoms with van der Waals surface area (Å²) in [7, 11) is 0. The quantitative estimate of drug-likeness (QED) is 0.527. The Labute approximate surface area is 128 Å². The minimum Gasteiger partial charge on any atom is -0.378 e. The van der Waals surface area contributed by atoms with E-state index in [0.29, 0.717) is 51.9 Å². The van der Waals surface area contributed by atoms with E-state index in [2.05, 4.69) is 16.7 Å². The Hall–Kier alpha value is -1.16. The number of hydrogen-bond donors (Lipinski definition) is 2. The van der Waals surface area contributed by atoms with Gasteiger partial charge in [-0.2, -0.15) is 5.26 Å². The Morgan fingerprint density at radius 2 is 1.71 bits per heavy atom. The third kappa shape index (κ3) is 13.6. The molecule has 122 valence electrons. The lowest BCUT2D eigenvalue weighted by molar-refractivity contribution is -0.122. The molecule has 0 rings (SSSR count). The van der Waals surface area contributed by atoms with Crippen LogP contribution < -0.4 is 10.6 Å². The molecule has 2 N–H and O–H groups in total. The van der Waals surface area contributed by atoms with Gasteiger partial charge in [-0.25, -0.2) is 0 Å². The van der Waals surface area contributed by atoms with Crippen LogP contribution in [0, 0.1) is 17.2 Å². The van der Waals surface area contributed by atoms with Crippen LogP contribution in [-0.2, 0) is 14.3 Å². The zero-order valence-corrected chi connectivity index (χ0v) is 13.7. The van der Waals surface area contributed by atoms with Gasteiger partial charge in [0.25, 0.3) is 0 Å².